The molecule has 0 aliphatic carbocycles. The fraction of sp³-hybridized carbons (Fsp3) is 0.231. The maximum absolute atomic E-state index is 13.9. The topological polar surface area (TPSA) is 77.8 Å². The predicted molar refractivity (Wildman–Crippen MR) is 72.2 cm³/mol. The summed E-state index contributed by atoms with van der Waals surface area (Å²) in [6.07, 6.45) is 1.42. The molecule has 0 spiro atoms. The molecule has 1 heterocycles. The summed E-state index contributed by atoms with van der Waals surface area (Å²) in [6.45, 7) is -0.0802. The molecule has 2 aromatic rings. The van der Waals surface area contributed by atoms with Crippen LogP contribution in [-0.4, -0.2) is 22.6 Å². The highest BCUT2D eigenvalue weighted by molar-refractivity contribution is 7.89. The average Bonchev–Trinajstić information content (AvgIpc) is 2.98. The predicted octanol–water partition coefficient (Wildman–Crippen LogP) is 1.91. The van der Waals surface area contributed by atoms with Crippen LogP contribution in [0.5, 0.6) is 11.5 Å². The van der Waals surface area contributed by atoms with E-state index in [0.717, 1.165) is 12.1 Å². The maximum atomic E-state index is 13.9. The second-order valence-corrected chi connectivity index (χ2v) is 5.78. The minimum Gasteiger partial charge on any atom is -0.493 e. The Hall–Kier alpha value is -2.06. The number of hydrogen-bond donors (Lipinski definition) is 1. The van der Waals surface area contributed by atoms with Crippen LogP contribution in [0, 0.1) is 5.82 Å². The first kappa shape index (κ1) is 15.3. The molecule has 0 saturated carbocycles. The van der Waals surface area contributed by atoms with Gasteiger partial charge in [0.15, 0.2) is 11.5 Å². The molecule has 0 bridgehead atoms. The Bertz CT molecular complexity index is 712. The van der Waals surface area contributed by atoms with Crippen molar-refractivity contribution in [1.82, 2.24) is 4.72 Å². The lowest BCUT2D eigenvalue weighted by Crippen LogP contribution is -2.24. The van der Waals surface area contributed by atoms with Crippen LogP contribution in [0.15, 0.2) is 39.8 Å². The standard InChI is InChI=1S/C13H14FNO5S/c1-18-11-6-10(14)13(7-12(11)19-2)21(16,17)15-8-9-4-3-5-20-9/h3-7,15H,8H2,1-2H3. The van der Waals surface area contributed by atoms with Gasteiger partial charge in [-0.2, -0.15) is 0 Å². The Morgan fingerprint density at radius 2 is 1.90 bits per heavy atom. The van der Waals surface area contributed by atoms with Crippen LogP contribution in [0.25, 0.3) is 0 Å². The van der Waals surface area contributed by atoms with Gasteiger partial charge in [0, 0.05) is 12.1 Å². The second kappa shape index (κ2) is 6.15. The molecule has 0 saturated heterocycles. The van der Waals surface area contributed by atoms with Gasteiger partial charge in [-0.3, -0.25) is 0 Å². The van der Waals surface area contributed by atoms with Gasteiger partial charge in [0.05, 0.1) is 27.0 Å². The smallest absolute Gasteiger partial charge is 0.244 e. The van der Waals surface area contributed by atoms with Crippen molar-refractivity contribution in [3.8, 4) is 11.5 Å². The Morgan fingerprint density at radius 3 is 2.48 bits per heavy atom. The van der Waals surface area contributed by atoms with Crippen molar-refractivity contribution in [3.05, 3.63) is 42.1 Å². The first-order chi connectivity index (χ1) is 9.97. The molecule has 8 heteroatoms. The van der Waals surface area contributed by atoms with Gasteiger partial charge in [-0.15, -0.1) is 0 Å². The van der Waals surface area contributed by atoms with Gasteiger partial charge in [0.1, 0.15) is 16.5 Å². The molecular weight excluding hydrogens is 301 g/mol. The Morgan fingerprint density at radius 1 is 1.24 bits per heavy atom. The molecule has 1 aromatic carbocycles. The summed E-state index contributed by atoms with van der Waals surface area (Å²) in [5.74, 6) is -0.281. The molecule has 0 aliphatic heterocycles. The van der Waals surface area contributed by atoms with E-state index in [2.05, 4.69) is 4.72 Å². The normalized spacial score (nSPS) is 11.4. The number of rotatable bonds is 6. The van der Waals surface area contributed by atoms with Crippen LogP contribution in [0.4, 0.5) is 4.39 Å². The monoisotopic (exact) mass is 315 g/mol. The first-order valence-corrected chi connectivity index (χ1v) is 7.40. The summed E-state index contributed by atoms with van der Waals surface area (Å²) in [4.78, 5) is -0.522. The van der Waals surface area contributed by atoms with Crippen LogP contribution >= 0.6 is 0 Å². The zero-order chi connectivity index (χ0) is 15.5. The van der Waals surface area contributed by atoms with Crippen molar-refractivity contribution in [1.29, 1.82) is 0 Å². The number of ether oxygens (including phenoxy) is 2. The Kier molecular flexibility index (Phi) is 4.49. The van der Waals surface area contributed by atoms with E-state index in [0.29, 0.717) is 5.76 Å². The number of sulfonamides is 1. The van der Waals surface area contributed by atoms with Crippen molar-refractivity contribution in [2.24, 2.45) is 0 Å². The van der Waals surface area contributed by atoms with Crippen LogP contribution in [-0.2, 0) is 16.6 Å². The zero-order valence-electron chi connectivity index (χ0n) is 11.4. The van der Waals surface area contributed by atoms with Gasteiger partial charge in [0.25, 0.3) is 0 Å². The summed E-state index contributed by atoms with van der Waals surface area (Å²) in [5.41, 5.74) is 0. The zero-order valence-corrected chi connectivity index (χ0v) is 12.2. The number of methoxy groups -OCH3 is 2. The van der Waals surface area contributed by atoms with E-state index >= 15 is 0 Å². The van der Waals surface area contributed by atoms with Crippen molar-refractivity contribution in [3.63, 3.8) is 0 Å². The van der Waals surface area contributed by atoms with Crippen molar-refractivity contribution < 1.29 is 26.7 Å². The third-order valence-electron chi connectivity index (χ3n) is 2.74. The highest BCUT2D eigenvalue weighted by atomic mass is 32.2. The minimum absolute atomic E-state index is 0.0802. The molecular formula is C13H14FNO5S. The molecule has 0 atom stereocenters. The fourth-order valence-corrected chi connectivity index (χ4v) is 2.76. The van der Waals surface area contributed by atoms with E-state index in [4.69, 9.17) is 13.9 Å². The third-order valence-corrected chi connectivity index (χ3v) is 4.16. The summed E-state index contributed by atoms with van der Waals surface area (Å²) in [5, 5.41) is 0. The van der Waals surface area contributed by atoms with Gasteiger partial charge < -0.3 is 13.9 Å². The second-order valence-electron chi connectivity index (χ2n) is 4.04. The summed E-state index contributed by atoms with van der Waals surface area (Å²) in [6, 6.07) is 5.26. The highest BCUT2D eigenvalue weighted by Gasteiger charge is 2.22. The van der Waals surface area contributed by atoms with E-state index in [9.17, 15) is 12.8 Å². The van der Waals surface area contributed by atoms with Crippen LogP contribution < -0.4 is 14.2 Å². The van der Waals surface area contributed by atoms with E-state index in [1.165, 1.54) is 20.5 Å². The summed E-state index contributed by atoms with van der Waals surface area (Å²) < 4.78 is 55.3. The lowest BCUT2D eigenvalue weighted by molar-refractivity contribution is 0.350. The first-order valence-electron chi connectivity index (χ1n) is 5.91. The van der Waals surface area contributed by atoms with Gasteiger partial charge >= 0.3 is 0 Å². The van der Waals surface area contributed by atoms with Crippen LogP contribution in [0.3, 0.4) is 0 Å². The Balaban J connectivity index is 2.31. The van der Waals surface area contributed by atoms with E-state index in [-0.39, 0.29) is 18.0 Å². The van der Waals surface area contributed by atoms with Crippen LogP contribution in [0.1, 0.15) is 5.76 Å². The average molecular weight is 315 g/mol. The quantitative estimate of drug-likeness (QED) is 0.881. The summed E-state index contributed by atoms with van der Waals surface area (Å²) in [7, 11) is -1.38. The number of nitrogens with one attached hydrogen (secondary N) is 1. The van der Waals surface area contributed by atoms with Crippen molar-refractivity contribution in [2.75, 3.05) is 14.2 Å². The van der Waals surface area contributed by atoms with Gasteiger partial charge in [-0.05, 0) is 12.1 Å². The number of halogens is 1. The molecule has 0 unspecified atom stereocenters. The molecule has 0 amide bonds. The van der Waals surface area contributed by atoms with E-state index < -0.39 is 20.7 Å². The molecule has 0 aliphatic rings. The molecule has 1 N–H and O–H groups in total. The van der Waals surface area contributed by atoms with Gasteiger partial charge in [0.2, 0.25) is 10.0 Å². The number of hydrogen-bond acceptors (Lipinski definition) is 5. The number of furan rings is 1. The van der Waals surface area contributed by atoms with Crippen molar-refractivity contribution in [2.45, 2.75) is 11.4 Å². The molecule has 2 rings (SSSR count). The molecule has 0 radical (unpaired) electrons. The Labute approximate surface area is 121 Å². The van der Waals surface area contributed by atoms with Gasteiger partial charge in [-0.25, -0.2) is 17.5 Å². The fourth-order valence-electron chi connectivity index (χ4n) is 1.70. The van der Waals surface area contributed by atoms with E-state index in [1.54, 1.807) is 12.1 Å². The molecule has 6 nitrogen and oxygen atoms in total. The molecule has 114 valence electrons. The van der Waals surface area contributed by atoms with E-state index in [1.807, 2.05) is 0 Å². The van der Waals surface area contributed by atoms with Gasteiger partial charge in [-0.1, -0.05) is 0 Å². The molecule has 1 aromatic heterocycles. The molecule has 0 fully saturated rings. The highest BCUT2D eigenvalue weighted by Crippen LogP contribution is 2.31. The van der Waals surface area contributed by atoms with Crippen molar-refractivity contribution >= 4 is 10.0 Å². The number of benzene rings is 1. The summed E-state index contributed by atoms with van der Waals surface area (Å²) >= 11 is 0. The minimum atomic E-state index is -4.05. The SMILES string of the molecule is COc1cc(F)c(S(=O)(=O)NCc2ccco2)cc1OC. The lowest BCUT2D eigenvalue weighted by atomic mass is 10.3. The molecule has 21 heavy (non-hydrogen) atoms. The maximum Gasteiger partial charge on any atom is 0.244 e. The largest absolute Gasteiger partial charge is 0.493 e. The lowest BCUT2D eigenvalue weighted by Gasteiger charge is -2.11. The third kappa shape index (κ3) is 3.34. The van der Waals surface area contributed by atoms with Crippen LogP contribution in [0.2, 0.25) is 0 Å².